The van der Waals surface area contributed by atoms with Crippen molar-refractivity contribution in [3.05, 3.63) is 33.2 Å². The van der Waals surface area contributed by atoms with Gasteiger partial charge in [-0.2, -0.15) is 13.2 Å². The van der Waals surface area contributed by atoms with Crippen LogP contribution < -0.4 is 10.3 Å². The van der Waals surface area contributed by atoms with Crippen molar-refractivity contribution in [3.63, 3.8) is 0 Å². The molecule has 0 spiro atoms. The number of halogens is 3. The third-order valence-corrected chi connectivity index (χ3v) is 4.54. The summed E-state index contributed by atoms with van der Waals surface area (Å²) in [5, 5.41) is -0.0670. The Morgan fingerprint density at radius 3 is 2.50 bits per heavy atom. The molecule has 0 unspecified atom stereocenters. The number of hydrogen-bond acceptors (Lipinski definition) is 5. The molecular formula is C17H21F3N4O2. The molecule has 1 aliphatic heterocycles. The second-order valence-electron chi connectivity index (χ2n) is 6.54. The predicted molar refractivity (Wildman–Crippen MR) is 92.5 cm³/mol. The van der Waals surface area contributed by atoms with E-state index >= 15 is 0 Å². The Bertz CT molecular complexity index is 871. The Balaban J connectivity index is 2.34. The van der Waals surface area contributed by atoms with E-state index in [1.807, 2.05) is 11.9 Å². The number of nitrogens with one attached hydrogen (secondary N) is 1. The average molecular weight is 370 g/mol. The lowest BCUT2D eigenvalue weighted by molar-refractivity contribution is -0.136. The zero-order valence-corrected chi connectivity index (χ0v) is 14.9. The highest BCUT2D eigenvalue weighted by Crippen LogP contribution is 2.40. The Morgan fingerprint density at radius 2 is 1.92 bits per heavy atom. The van der Waals surface area contributed by atoms with Crippen molar-refractivity contribution in [3.8, 4) is 0 Å². The van der Waals surface area contributed by atoms with Gasteiger partial charge in [0.2, 0.25) is 0 Å². The quantitative estimate of drug-likeness (QED) is 0.897. The molecule has 1 aliphatic rings. The van der Waals surface area contributed by atoms with E-state index in [1.54, 1.807) is 11.8 Å². The molecule has 0 aromatic carbocycles. The van der Waals surface area contributed by atoms with Crippen LogP contribution in [0.25, 0.3) is 10.9 Å². The largest absolute Gasteiger partial charge is 0.421 e. The van der Waals surface area contributed by atoms with Crippen LogP contribution in [0.4, 0.5) is 19.0 Å². The molecule has 1 fully saturated rings. The van der Waals surface area contributed by atoms with E-state index in [-0.39, 0.29) is 29.0 Å². The van der Waals surface area contributed by atoms with Crippen LogP contribution in [-0.4, -0.2) is 55.2 Å². The molecule has 1 saturated heterocycles. The van der Waals surface area contributed by atoms with Gasteiger partial charge in [0.25, 0.3) is 0 Å². The number of aromatic amines is 1. The normalized spacial score (nSPS) is 16.5. The lowest BCUT2D eigenvalue weighted by Gasteiger charge is -2.35. The van der Waals surface area contributed by atoms with E-state index in [9.17, 15) is 18.0 Å². The molecule has 1 N–H and O–H groups in total. The van der Waals surface area contributed by atoms with Crippen molar-refractivity contribution < 1.29 is 17.9 Å². The van der Waals surface area contributed by atoms with Gasteiger partial charge in [0.05, 0.1) is 23.2 Å². The van der Waals surface area contributed by atoms with E-state index < -0.39 is 17.2 Å². The molecule has 9 heteroatoms. The Morgan fingerprint density at radius 1 is 1.27 bits per heavy atom. The van der Waals surface area contributed by atoms with E-state index in [2.05, 4.69) is 9.97 Å². The average Bonchev–Trinajstić information content (AvgIpc) is 2.53. The number of pyridine rings is 2. The van der Waals surface area contributed by atoms with E-state index in [1.165, 1.54) is 13.2 Å². The van der Waals surface area contributed by atoms with Gasteiger partial charge in [0, 0.05) is 45.0 Å². The van der Waals surface area contributed by atoms with Gasteiger partial charge in [-0.15, -0.1) is 0 Å². The van der Waals surface area contributed by atoms with Gasteiger partial charge in [-0.3, -0.25) is 4.79 Å². The van der Waals surface area contributed by atoms with Gasteiger partial charge in [0.15, 0.2) is 5.43 Å². The molecular weight excluding hydrogens is 349 g/mol. The summed E-state index contributed by atoms with van der Waals surface area (Å²) in [6.07, 6.45) is -4.65. The summed E-state index contributed by atoms with van der Waals surface area (Å²) >= 11 is 0. The number of H-pyrrole nitrogens is 1. The second kappa shape index (κ2) is 6.88. The zero-order valence-electron chi connectivity index (χ0n) is 14.9. The molecule has 3 rings (SSSR count). The van der Waals surface area contributed by atoms with Crippen LogP contribution in [0.2, 0.25) is 0 Å². The smallest absolute Gasteiger partial charge is 0.378 e. The monoisotopic (exact) mass is 370 g/mol. The molecule has 3 heterocycles. The third kappa shape index (κ3) is 3.41. The molecule has 142 valence electrons. The number of alkyl halides is 3. The van der Waals surface area contributed by atoms with Crippen LogP contribution in [0.1, 0.15) is 17.0 Å². The first-order chi connectivity index (χ1) is 12.2. The number of anilines is 1. The molecule has 26 heavy (non-hydrogen) atoms. The number of rotatable bonds is 3. The SMILES string of the molecule is COCc1nc(N2CCN(C)CC2)c(C(F)(F)F)c2[nH]c(C)cc(=O)c12. The number of methoxy groups -OCH3 is 1. The summed E-state index contributed by atoms with van der Waals surface area (Å²) in [6, 6.07) is 1.28. The number of fused-ring (bicyclic) bond motifs is 1. The number of nitrogens with zero attached hydrogens (tertiary/aromatic N) is 3. The fourth-order valence-corrected chi connectivity index (χ4v) is 3.27. The molecule has 0 atom stereocenters. The number of aromatic nitrogens is 2. The molecule has 6 nitrogen and oxygen atoms in total. The molecule has 0 aliphatic carbocycles. The maximum Gasteiger partial charge on any atom is 0.421 e. The first kappa shape index (κ1) is 18.7. The molecule has 0 amide bonds. The predicted octanol–water partition coefficient (Wildman–Crippen LogP) is 2.15. The number of ether oxygens (including phenoxy) is 1. The topological polar surface area (TPSA) is 61.5 Å². The van der Waals surface area contributed by atoms with Gasteiger partial charge in [0.1, 0.15) is 11.4 Å². The summed E-state index contributed by atoms with van der Waals surface area (Å²) in [4.78, 5) is 23.1. The number of hydrogen-bond donors (Lipinski definition) is 1. The van der Waals surface area contributed by atoms with Crippen molar-refractivity contribution in [2.75, 3.05) is 45.2 Å². The van der Waals surface area contributed by atoms with Crippen molar-refractivity contribution >= 4 is 16.7 Å². The van der Waals surface area contributed by atoms with E-state index in [0.29, 0.717) is 31.9 Å². The standard InChI is InChI=1S/C17H21F3N4O2/c1-10-8-12(25)13-11(9-26-3)22-16(24-6-4-23(2)5-7-24)14(15(13)21-10)17(18,19)20/h8H,4-7,9H2,1-3H3,(H,21,25). The van der Waals surface area contributed by atoms with Crippen molar-refractivity contribution in [2.24, 2.45) is 0 Å². The van der Waals surface area contributed by atoms with Crippen LogP contribution in [0.3, 0.4) is 0 Å². The van der Waals surface area contributed by atoms with E-state index in [4.69, 9.17) is 4.74 Å². The van der Waals surface area contributed by atoms with Crippen LogP contribution in [-0.2, 0) is 17.5 Å². The highest BCUT2D eigenvalue weighted by Gasteiger charge is 2.40. The van der Waals surface area contributed by atoms with Gasteiger partial charge in [-0.1, -0.05) is 0 Å². The van der Waals surface area contributed by atoms with Crippen LogP contribution in [0, 0.1) is 6.92 Å². The van der Waals surface area contributed by atoms with Crippen LogP contribution >= 0.6 is 0 Å². The van der Waals surface area contributed by atoms with Gasteiger partial charge in [-0.25, -0.2) is 4.98 Å². The minimum absolute atomic E-state index is 0.0402. The fraction of sp³-hybridized carbons (Fsp3) is 0.529. The van der Waals surface area contributed by atoms with Gasteiger partial charge < -0.3 is 19.5 Å². The lowest BCUT2D eigenvalue weighted by atomic mass is 10.1. The van der Waals surface area contributed by atoms with Crippen LogP contribution in [0.15, 0.2) is 10.9 Å². The van der Waals surface area contributed by atoms with Gasteiger partial charge in [-0.05, 0) is 14.0 Å². The first-order valence-electron chi connectivity index (χ1n) is 8.28. The summed E-state index contributed by atoms with van der Waals surface area (Å²) in [5.41, 5.74) is -1.03. The number of piperazine rings is 1. The van der Waals surface area contributed by atoms with Crippen molar-refractivity contribution in [1.82, 2.24) is 14.9 Å². The highest BCUT2D eigenvalue weighted by molar-refractivity contribution is 5.88. The molecule has 0 saturated carbocycles. The highest BCUT2D eigenvalue weighted by atomic mass is 19.4. The molecule has 2 aromatic heterocycles. The van der Waals surface area contributed by atoms with E-state index in [0.717, 1.165) is 0 Å². The minimum atomic E-state index is -4.65. The molecule has 0 radical (unpaired) electrons. The second-order valence-corrected chi connectivity index (χ2v) is 6.54. The molecule has 0 bridgehead atoms. The maximum atomic E-state index is 14.0. The first-order valence-corrected chi connectivity index (χ1v) is 8.28. The van der Waals surface area contributed by atoms with Crippen LogP contribution in [0.5, 0.6) is 0 Å². The Hall–Kier alpha value is -2.13. The van der Waals surface area contributed by atoms with Gasteiger partial charge >= 0.3 is 6.18 Å². The fourth-order valence-electron chi connectivity index (χ4n) is 3.27. The zero-order chi connectivity index (χ0) is 19.1. The Kier molecular flexibility index (Phi) is 4.94. The third-order valence-electron chi connectivity index (χ3n) is 4.54. The Labute approximate surface area is 148 Å². The number of likely N-dealkylation sites (N-methyl/N-ethyl adjacent to an activating group) is 1. The maximum absolute atomic E-state index is 14.0. The number of aryl methyl sites for hydroxylation is 1. The summed E-state index contributed by atoms with van der Waals surface area (Å²) in [5.74, 6) is -0.147. The van der Waals surface area contributed by atoms with Crippen molar-refractivity contribution in [2.45, 2.75) is 19.7 Å². The molecule has 2 aromatic rings. The summed E-state index contributed by atoms with van der Waals surface area (Å²) in [7, 11) is 3.34. The lowest BCUT2D eigenvalue weighted by Crippen LogP contribution is -2.45. The summed E-state index contributed by atoms with van der Waals surface area (Å²) < 4.78 is 47.0. The minimum Gasteiger partial charge on any atom is -0.378 e. The summed E-state index contributed by atoms with van der Waals surface area (Å²) in [6.45, 7) is 3.66. The van der Waals surface area contributed by atoms with Crippen molar-refractivity contribution in [1.29, 1.82) is 0 Å².